The van der Waals surface area contributed by atoms with Crippen molar-refractivity contribution in [3.05, 3.63) is 64.2 Å². The second-order valence-electron chi connectivity index (χ2n) is 5.41. The van der Waals surface area contributed by atoms with Crippen LogP contribution in [-0.2, 0) is 16.6 Å². The summed E-state index contributed by atoms with van der Waals surface area (Å²) < 4.78 is 32.2. The molecule has 0 amide bonds. The third-order valence-corrected chi connectivity index (χ3v) is 4.97. The van der Waals surface area contributed by atoms with E-state index in [-0.39, 0.29) is 17.1 Å². The molecule has 0 aliphatic heterocycles. The summed E-state index contributed by atoms with van der Waals surface area (Å²) in [6.45, 7) is 3.74. The van der Waals surface area contributed by atoms with Crippen molar-refractivity contribution in [2.45, 2.75) is 18.4 Å². The highest BCUT2D eigenvalue weighted by molar-refractivity contribution is 7.89. The van der Waals surface area contributed by atoms with Crippen molar-refractivity contribution in [1.82, 2.24) is 10.0 Å². The Morgan fingerprint density at radius 2 is 1.85 bits per heavy atom. The topological polar surface area (TPSA) is 111 Å². The van der Waals surface area contributed by atoms with E-state index in [0.717, 1.165) is 23.4 Å². The summed E-state index contributed by atoms with van der Waals surface area (Å²) in [5, 5.41) is 13.8. The quantitative estimate of drug-likeness (QED) is 0.371. The van der Waals surface area contributed by atoms with Crippen LogP contribution in [0.2, 0.25) is 0 Å². The van der Waals surface area contributed by atoms with Crippen molar-refractivity contribution >= 4 is 15.7 Å². The van der Waals surface area contributed by atoms with E-state index in [2.05, 4.69) is 10.0 Å². The molecule has 2 rings (SSSR count). The van der Waals surface area contributed by atoms with Gasteiger partial charge in [-0.2, -0.15) is 0 Å². The minimum Gasteiger partial charge on any atom is -0.494 e. The number of hydrogen-bond donors (Lipinski definition) is 2. The maximum Gasteiger partial charge on any atom is 0.269 e. The minimum absolute atomic E-state index is 0.00693. The van der Waals surface area contributed by atoms with Gasteiger partial charge in [-0.25, -0.2) is 13.1 Å². The van der Waals surface area contributed by atoms with Gasteiger partial charge in [0, 0.05) is 31.8 Å². The van der Waals surface area contributed by atoms with Gasteiger partial charge < -0.3 is 10.1 Å². The first kappa shape index (κ1) is 19.8. The summed E-state index contributed by atoms with van der Waals surface area (Å²) in [5.41, 5.74) is 0.883. The molecule has 0 fully saturated rings. The average molecular weight is 379 g/mol. The van der Waals surface area contributed by atoms with Gasteiger partial charge in [0.1, 0.15) is 5.75 Å². The monoisotopic (exact) mass is 379 g/mol. The van der Waals surface area contributed by atoms with Crippen molar-refractivity contribution in [1.29, 1.82) is 0 Å². The maximum absolute atomic E-state index is 12.1. The van der Waals surface area contributed by atoms with E-state index in [1.807, 2.05) is 31.2 Å². The van der Waals surface area contributed by atoms with Crippen molar-refractivity contribution in [2.75, 3.05) is 19.7 Å². The summed E-state index contributed by atoms with van der Waals surface area (Å²) in [4.78, 5) is 10.0. The second kappa shape index (κ2) is 9.27. The Morgan fingerprint density at radius 3 is 2.50 bits per heavy atom. The summed E-state index contributed by atoms with van der Waals surface area (Å²) >= 11 is 0. The Morgan fingerprint density at radius 1 is 1.12 bits per heavy atom. The van der Waals surface area contributed by atoms with E-state index in [0.29, 0.717) is 19.7 Å². The summed E-state index contributed by atoms with van der Waals surface area (Å²) in [7, 11) is -3.69. The van der Waals surface area contributed by atoms with Gasteiger partial charge in [-0.3, -0.25) is 10.1 Å². The van der Waals surface area contributed by atoms with Gasteiger partial charge in [0.15, 0.2) is 0 Å². The SMILES string of the molecule is CCOc1cccc(CNCCNS(=O)(=O)c2ccc([N+](=O)[O-])cc2)c1. The van der Waals surface area contributed by atoms with Gasteiger partial charge in [-0.1, -0.05) is 12.1 Å². The fourth-order valence-electron chi connectivity index (χ4n) is 2.25. The number of sulfonamides is 1. The van der Waals surface area contributed by atoms with Crippen LogP contribution >= 0.6 is 0 Å². The number of nitro benzene ring substituents is 1. The zero-order chi connectivity index (χ0) is 19.0. The zero-order valence-corrected chi connectivity index (χ0v) is 15.2. The zero-order valence-electron chi connectivity index (χ0n) is 14.3. The number of rotatable bonds is 10. The maximum atomic E-state index is 12.1. The normalized spacial score (nSPS) is 11.3. The molecule has 0 saturated carbocycles. The molecule has 0 unspecified atom stereocenters. The molecule has 8 nitrogen and oxygen atoms in total. The lowest BCUT2D eigenvalue weighted by Crippen LogP contribution is -2.31. The smallest absolute Gasteiger partial charge is 0.269 e. The van der Waals surface area contributed by atoms with Crippen LogP contribution in [0.15, 0.2) is 53.4 Å². The van der Waals surface area contributed by atoms with E-state index >= 15 is 0 Å². The number of non-ortho nitro benzene ring substituents is 1. The van der Waals surface area contributed by atoms with E-state index in [4.69, 9.17) is 4.74 Å². The second-order valence-corrected chi connectivity index (χ2v) is 7.17. The Balaban J connectivity index is 1.79. The van der Waals surface area contributed by atoms with Crippen LogP contribution in [-0.4, -0.2) is 33.0 Å². The lowest BCUT2D eigenvalue weighted by Gasteiger charge is -2.09. The molecule has 140 valence electrons. The number of hydrogen-bond acceptors (Lipinski definition) is 6. The number of nitrogens with zero attached hydrogens (tertiary/aromatic N) is 1. The Hall–Kier alpha value is -2.49. The highest BCUT2D eigenvalue weighted by atomic mass is 32.2. The molecule has 0 spiro atoms. The molecule has 0 radical (unpaired) electrons. The Labute approximate surface area is 152 Å². The van der Waals surface area contributed by atoms with Crippen molar-refractivity contribution in [3.63, 3.8) is 0 Å². The van der Waals surface area contributed by atoms with Crippen LogP contribution in [0.5, 0.6) is 5.75 Å². The number of nitro groups is 1. The molecule has 0 heterocycles. The Bertz CT molecular complexity index is 838. The first-order valence-electron chi connectivity index (χ1n) is 8.09. The molecule has 9 heteroatoms. The van der Waals surface area contributed by atoms with Crippen LogP contribution < -0.4 is 14.8 Å². The molecule has 0 aromatic heterocycles. The van der Waals surface area contributed by atoms with E-state index < -0.39 is 14.9 Å². The molecule has 2 aromatic rings. The van der Waals surface area contributed by atoms with Gasteiger partial charge in [0.2, 0.25) is 10.0 Å². The predicted molar refractivity (Wildman–Crippen MR) is 97.6 cm³/mol. The van der Waals surface area contributed by atoms with Crippen molar-refractivity contribution in [2.24, 2.45) is 0 Å². The van der Waals surface area contributed by atoms with Gasteiger partial charge in [-0.05, 0) is 36.8 Å². The van der Waals surface area contributed by atoms with Crippen molar-refractivity contribution < 1.29 is 18.1 Å². The number of benzene rings is 2. The minimum atomic E-state index is -3.69. The van der Waals surface area contributed by atoms with Crippen LogP contribution in [0.1, 0.15) is 12.5 Å². The predicted octanol–water partition coefficient (Wildman–Crippen LogP) is 2.06. The molecule has 0 bridgehead atoms. The standard InChI is InChI=1S/C17H21N3O5S/c1-2-25-16-5-3-4-14(12-16)13-18-10-11-19-26(23,24)17-8-6-15(7-9-17)20(21)22/h3-9,12,18-19H,2,10-11,13H2,1H3. The van der Waals surface area contributed by atoms with E-state index in [9.17, 15) is 18.5 Å². The van der Waals surface area contributed by atoms with Crippen LogP contribution in [0, 0.1) is 10.1 Å². The summed E-state index contributed by atoms with van der Waals surface area (Å²) in [6.07, 6.45) is 0. The molecule has 26 heavy (non-hydrogen) atoms. The van der Waals surface area contributed by atoms with E-state index in [1.165, 1.54) is 12.1 Å². The average Bonchev–Trinajstić information content (AvgIpc) is 2.62. The van der Waals surface area contributed by atoms with Gasteiger partial charge in [-0.15, -0.1) is 0 Å². The van der Waals surface area contributed by atoms with Crippen LogP contribution in [0.4, 0.5) is 5.69 Å². The molecule has 2 N–H and O–H groups in total. The third kappa shape index (κ3) is 5.80. The summed E-state index contributed by atoms with van der Waals surface area (Å²) in [5.74, 6) is 0.797. The fourth-order valence-corrected chi connectivity index (χ4v) is 3.28. The molecule has 0 atom stereocenters. The number of nitrogens with one attached hydrogen (secondary N) is 2. The van der Waals surface area contributed by atoms with Crippen molar-refractivity contribution in [3.8, 4) is 5.75 Å². The first-order valence-corrected chi connectivity index (χ1v) is 9.57. The molecular weight excluding hydrogens is 358 g/mol. The van der Waals surface area contributed by atoms with Crippen LogP contribution in [0.25, 0.3) is 0 Å². The first-order chi connectivity index (χ1) is 12.4. The molecule has 2 aromatic carbocycles. The lowest BCUT2D eigenvalue weighted by atomic mass is 10.2. The molecule has 0 aliphatic rings. The van der Waals surface area contributed by atoms with Gasteiger partial charge in [0.05, 0.1) is 16.4 Å². The van der Waals surface area contributed by atoms with Gasteiger partial charge in [0.25, 0.3) is 5.69 Å². The highest BCUT2D eigenvalue weighted by Crippen LogP contribution is 2.15. The Kier molecular flexibility index (Phi) is 7.07. The molecule has 0 saturated heterocycles. The fraction of sp³-hybridized carbons (Fsp3) is 0.294. The van der Waals surface area contributed by atoms with Crippen LogP contribution in [0.3, 0.4) is 0 Å². The number of ether oxygens (including phenoxy) is 1. The highest BCUT2D eigenvalue weighted by Gasteiger charge is 2.15. The van der Waals surface area contributed by atoms with E-state index in [1.54, 1.807) is 0 Å². The summed E-state index contributed by atoms with van der Waals surface area (Å²) in [6, 6.07) is 12.4. The van der Waals surface area contributed by atoms with Gasteiger partial charge >= 0.3 is 0 Å². The lowest BCUT2D eigenvalue weighted by molar-refractivity contribution is -0.384. The third-order valence-electron chi connectivity index (χ3n) is 3.49. The largest absolute Gasteiger partial charge is 0.494 e. The molecule has 0 aliphatic carbocycles. The molecular formula is C17H21N3O5S.